The van der Waals surface area contributed by atoms with Crippen molar-refractivity contribution < 1.29 is 0 Å². The fourth-order valence-electron chi connectivity index (χ4n) is 2.54. The molecule has 21 heavy (non-hydrogen) atoms. The monoisotopic (exact) mass is 470 g/mol. The first-order chi connectivity index (χ1) is 10.1. The number of fused-ring (bicyclic) bond motifs is 1. The average Bonchev–Trinajstić information content (AvgIpc) is 2.50. The third kappa shape index (κ3) is 2.86. The Bertz CT molecular complexity index is 813. The Labute approximate surface area is 151 Å². The van der Waals surface area contributed by atoms with Gasteiger partial charge >= 0.3 is 0 Å². The molecule has 1 unspecified atom stereocenters. The summed E-state index contributed by atoms with van der Waals surface area (Å²) in [7, 11) is 0. The van der Waals surface area contributed by atoms with E-state index in [1.807, 2.05) is 12.1 Å². The molecule has 3 rings (SSSR count). The molecule has 0 heterocycles. The highest BCUT2D eigenvalue weighted by Crippen LogP contribution is 2.39. The van der Waals surface area contributed by atoms with Crippen molar-refractivity contribution in [2.24, 2.45) is 0 Å². The van der Waals surface area contributed by atoms with E-state index >= 15 is 0 Å². The van der Waals surface area contributed by atoms with Crippen molar-refractivity contribution >= 4 is 60.9 Å². The third-order valence-electron chi connectivity index (χ3n) is 3.67. The molecule has 0 amide bonds. The van der Waals surface area contributed by atoms with Crippen molar-refractivity contribution in [3.63, 3.8) is 0 Å². The van der Waals surface area contributed by atoms with Gasteiger partial charge in [-0.15, -0.1) is 0 Å². The SMILES string of the molecule is Cc1cccc(C(Br)c2ccc(Cl)c3ccccc23)c1I. The molecule has 3 aromatic carbocycles. The Balaban J connectivity index is 2.21. The van der Waals surface area contributed by atoms with Gasteiger partial charge in [0.1, 0.15) is 0 Å². The van der Waals surface area contributed by atoms with Crippen LogP contribution in [0.25, 0.3) is 10.8 Å². The Morgan fingerprint density at radius 1 is 0.905 bits per heavy atom. The molecule has 0 aliphatic rings. The first-order valence-electron chi connectivity index (χ1n) is 6.66. The first-order valence-corrected chi connectivity index (χ1v) is 9.03. The lowest BCUT2D eigenvalue weighted by atomic mass is 9.97. The summed E-state index contributed by atoms with van der Waals surface area (Å²) in [6.45, 7) is 2.14. The Kier molecular flexibility index (Phi) is 4.57. The number of halogens is 3. The fraction of sp³-hybridized carbons (Fsp3) is 0.111. The number of hydrogen-bond donors (Lipinski definition) is 0. The lowest BCUT2D eigenvalue weighted by Gasteiger charge is -2.17. The Morgan fingerprint density at radius 2 is 1.62 bits per heavy atom. The molecule has 0 aliphatic carbocycles. The minimum absolute atomic E-state index is 0.159. The molecule has 0 spiro atoms. The maximum absolute atomic E-state index is 6.32. The maximum Gasteiger partial charge on any atom is 0.0661 e. The molecule has 0 fully saturated rings. The van der Waals surface area contributed by atoms with Crippen LogP contribution in [-0.2, 0) is 0 Å². The van der Waals surface area contributed by atoms with Crippen molar-refractivity contribution in [2.45, 2.75) is 11.8 Å². The van der Waals surface area contributed by atoms with Crippen LogP contribution in [0.1, 0.15) is 21.5 Å². The number of hydrogen-bond acceptors (Lipinski definition) is 0. The topological polar surface area (TPSA) is 0 Å². The highest BCUT2D eigenvalue weighted by molar-refractivity contribution is 14.1. The van der Waals surface area contributed by atoms with Crippen molar-refractivity contribution in [2.75, 3.05) is 0 Å². The van der Waals surface area contributed by atoms with Crippen LogP contribution in [-0.4, -0.2) is 0 Å². The van der Waals surface area contributed by atoms with Crippen LogP contribution in [0.15, 0.2) is 54.6 Å². The largest absolute Gasteiger partial charge is 0.0837 e. The van der Waals surface area contributed by atoms with Gasteiger partial charge in [0, 0.05) is 14.0 Å². The average molecular weight is 472 g/mol. The van der Waals surface area contributed by atoms with Crippen LogP contribution in [0.2, 0.25) is 5.02 Å². The Hall–Kier alpha value is -0.580. The van der Waals surface area contributed by atoms with Crippen LogP contribution in [0.5, 0.6) is 0 Å². The van der Waals surface area contributed by atoms with Gasteiger partial charge in [-0.25, -0.2) is 0 Å². The van der Waals surface area contributed by atoms with E-state index in [9.17, 15) is 0 Å². The molecule has 0 bridgehead atoms. The molecule has 0 saturated heterocycles. The summed E-state index contributed by atoms with van der Waals surface area (Å²) >= 11 is 12.6. The second kappa shape index (κ2) is 6.27. The lowest BCUT2D eigenvalue weighted by molar-refractivity contribution is 1.16. The van der Waals surface area contributed by atoms with Gasteiger partial charge in [-0.3, -0.25) is 0 Å². The van der Waals surface area contributed by atoms with E-state index in [-0.39, 0.29) is 4.83 Å². The summed E-state index contributed by atoms with van der Waals surface area (Å²) in [4.78, 5) is 0.159. The second-order valence-electron chi connectivity index (χ2n) is 5.02. The molecule has 3 aromatic rings. The summed E-state index contributed by atoms with van der Waals surface area (Å²) in [6, 6.07) is 18.8. The first kappa shape index (κ1) is 15.3. The summed E-state index contributed by atoms with van der Waals surface area (Å²) in [6.07, 6.45) is 0. The molecule has 0 N–H and O–H groups in total. The van der Waals surface area contributed by atoms with E-state index < -0.39 is 0 Å². The van der Waals surface area contributed by atoms with Gasteiger partial charge in [-0.2, -0.15) is 0 Å². The molecule has 106 valence electrons. The molecule has 0 saturated carbocycles. The van der Waals surface area contributed by atoms with E-state index in [1.54, 1.807) is 0 Å². The van der Waals surface area contributed by atoms with Crippen molar-refractivity contribution in [1.82, 2.24) is 0 Å². The number of aryl methyl sites for hydroxylation is 1. The molecule has 0 aliphatic heterocycles. The fourth-order valence-corrected chi connectivity index (χ4v) is 4.65. The number of rotatable bonds is 2. The maximum atomic E-state index is 6.32. The zero-order valence-electron chi connectivity index (χ0n) is 11.4. The Morgan fingerprint density at radius 3 is 2.38 bits per heavy atom. The quantitative estimate of drug-likeness (QED) is 0.282. The van der Waals surface area contributed by atoms with Crippen LogP contribution in [0.4, 0.5) is 0 Å². The molecule has 0 aromatic heterocycles. The van der Waals surface area contributed by atoms with E-state index in [1.165, 1.54) is 25.6 Å². The van der Waals surface area contributed by atoms with Crippen molar-refractivity contribution in [1.29, 1.82) is 0 Å². The van der Waals surface area contributed by atoms with Crippen LogP contribution in [0, 0.1) is 10.5 Å². The van der Waals surface area contributed by atoms with E-state index in [0.29, 0.717) is 0 Å². The lowest BCUT2D eigenvalue weighted by Crippen LogP contribution is -1.98. The molecule has 0 nitrogen and oxygen atoms in total. The van der Waals surface area contributed by atoms with Crippen LogP contribution in [0.3, 0.4) is 0 Å². The van der Waals surface area contributed by atoms with Gasteiger partial charge in [-0.1, -0.05) is 76.1 Å². The molecule has 0 radical (unpaired) electrons. The van der Waals surface area contributed by atoms with E-state index in [0.717, 1.165) is 10.4 Å². The standard InChI is InChI=1S/C18H13BrClI/c1-11-5-4-8-15(18(11)21)17(19)14-9-10-16(20)13-7-3-2-6-12(13)14/h2-10,17H,1H3. The molecule has 1 atom stereocenters. The number of benzene rings is 3. The van der Waals surface area contributed by atoms with Crippen molar-refractivity contribution in [3.8, 4) is 0 Å². The van der Waals surface area contributed by atoms with E-state index in [4.69, 9.17) is 11.6 Å². The highest BCUT2D eigenvalue weighted by Gasteiger charge is 2.17. The van der Waals surface area contributed by atoms with Gasteiger partial charge in [0.25, 0.3) is 0 Å². The number of alkyl halides is 1. The minimum Gasteiger partial charge on any atom is -0.0837 e. The van der Waals surface area contributed by atoms with Gasteiger partial charge < -0.3 is 0 Å². The highest BCUT2D eigenvalue weighted by atomic mass is 127. The van der Waals surface area contributed by atoms with Gasteiger partial charge in [0.2, 0.25) is 0 Å². The molecular formula is C18H13BrClI. The zero-order chi connectivity index (χ0) is 15.0. The third-order valence-corrected chi connectivity index (χ3v) is 6.46. The predicted molar refractivity (Wildman–Crippen MR) is 104 cm³/mol. The molecular weight excluding hydrogens is 458 g/mol. The van der Waals surface area contributed by atoms with E-state index in [2.05, 4.69) is 87.9 Å². The van der Waals surface area contributed by atoms with Crippen LogP contribution < -0.4 is 0 Å². The summed E-state index contributed by atoms with van der Waals surface area (Å²) in [5.41, 5.74) is 3.84. The van der Waals surface area contributed by atoms with Gasteiger partial charge in [-0.05, 0) is 57.7 Å². The normalized spacial score (nSPS) is 12.6. The summed E-state index contributed by atoms with van der Waals surface area (Å²) in [5.74, 6) is 0. The van der Waals surface area contributed by atoms with Gasteiger partial charge in [0.05, 0.1) is 4.83 Å². The predicted octanol–water partition coefficient (Wildman–Crippen LogP) is 6.89. The smallest absolute Gasteiger partial charge is 0.0661 e. The van der Waals surface area contributed by atoms with Crippen LogP contribution >= 0.6 is 50.1 Å². The summed E-state index contributed by atoms with van der Waals surface area (Å²) < 4.78 is 1.30. The second-order valence-corrected chi connectivity index (χ2v) is 7.42. The molecule has 3 heteroatoms. The van der Waals surface area contributed by atoms with Gasteiger partial charge in [0.15, 0.2) is 0 Å². The minimum atomic E-state index is 0.159. The van der Waals surface area contributed by atoms with Crippen molar-refractivity contribution in [3.05, 3.63) is 79.9 Å². The zero-order valence-corrected chi connectivity index (χ0v) is 15.9. The summed E-state index contributed by atoms with van der Waals surface area (Å²) in [5, 5.41) is 3.10.